The average Bonchev–Trinajstić information content (AvgIpc) is 3.32. The fraction of sp³-hybridized carbons (Fsp3) is 0.500. The number of carbonyl (C=O) groups excluding carboxylic acids is 1. The Labute approximate surface area is 165 Å². The Morgan fingerprint density at radius 2 is 1.96 bits per heavy atom. The van der Waals surface area contributed by atoms with Gasteiger partial charge in [0.05, 0.1) is 23.8 Å². The van der Waals surface area contributed by atoms with E-state index >= 15 is 0 Å². The molecular formula is C22H26N4O2. The third-order valence-electron chi connectivity index (χ3n) is 6.50. The largest absolute Gasteiger partial charge is 0.376 e. The number of ether oxygens (including phenoxy) is 1. The lowest BCUT2D eigenvalue weighted by Crippen LogP contribution is -2.50. The predicted molar refractivity (Wildman–Crippen MR) is 108 cm³/mol. The van der Waals surface area contributed by atoms with Crippen molar-refractivity contribution in [2.24, 2.45) is 0 Å². The van der Waals surface area contributed by atoms with Crippen LogP contribution in [0.4, 0.5) is 11.5 Å². The van der Waals surface area contributed by atoms with Gasteiger partial charge in [0.1, 0.15) is 0 Å². The molecule has 2 aromatic rings. The second-order valence-electron chi connectivity index (χ2n) is 8.17. The number of rotatable bonds is 3. The molecule has 1 aromatic heterocycles. The molecule has 2 fully saturated rings. The van der Waals surface area contributed by atoms with Crippen LogP contribution >= 0.6 is 0 Å². The topological polar surface area (TPSA) is 58.6 Å². The molecule has 0 bridgehead atoms. The van der Waals surface area contributed by atoms with Crippen molar-refractivity contribution in [3.63, 3.8) is 0 Å². The molecule has 3 aliphatic heterocycles. The molecule has 1 spiro atoms. The van der Waals surface area contributed by atoms with Gasteiger partial charge in [-0.15, -0.1) is 5.10 Å². The summed E-state index contributed by atoms with van der Waals surface area (Å²) >= 11 is 0. The van der Waals surface area contributed by atoms with Gasteiger partial charge in [0.25, 0.3) is 0 Å². The Balaban J connectivity index is 1.40. The van der Waals surface area contributed by atoms with Gasteiger partial charge in [-0.2, -0.15) is 5.10 Å². The van der Waals surface area contributed by atoms with Crippen LogP contribution in [0.3, 0.4) is 0 Å². The fourth-order valence-electron chi connectivity index (χ4n) is 4.93. The highest BCUT2D eigenvalue weighted by molar-refractivity contribution is 6.08. The second kappa shape index (κ2) is 6.85. The van der Waals surface area contributed by atoms with E-state index in [2.05, 4.69) is 33.3 Å². The van der Waals surface area contributed by atoms with Crippen LogP contribution in [0.1, 0.15) is 36.9 Å². The minimum atomic E-state index is -0.413. The molecule has 5 rings (SSSR count). The van der Waals surface area contributed by atoms with Crippen molar-refractivity contribution in [2.45, 2.75) is 44.1 Å². The molecule has 0 unspecified atom stereocenters. The first-order valence-corrected chi connectivity index (χ1v) is 10.3. The molecule has 6 nitrogen and oxygen atoms in total. The molecule has 146 valence electrons. The van der Waals surface area contributed by atoms with Gasteiger partial charge in [0, 0.05) is 25.4 Å². The molecule has 0 aliphatic carbocycles. The van der Waals surface area contributed by atoms with Gasteiger partial charge in [0.15, 0.2) is 5.82 Å². The van der Waals surface area contributed by atoms with Gasteiger partial charge in [-0.05, 0) is 56.4 Å². The van der Waals surface area contributed by atoms with Gasteiger partial charge in [-0.3, -0.25) is 4.79 Å². The van der Waals surface area contributed by atoms with E-state index in [1.807, 2.05) is 30.0 Å². The minimum Gasteiger partial charge on any atom is -0.376 e. The van der Waals surface area contributed by atoms with Crippen molar-refractivity contribution in [3.05, 3.63) is 47.7 Å². The Morgan fingerprint density at radius 1 is 1.14 bits per heavy atom. The Hall–Kier alpha value is -2.47. The van der Waals surface area contributed by atoms with E-state index < -0.39 is 5.41 Å². The lowest BCUT2D eigenvalue weighted by atomic mass is 9.73. The Morgan fingerprint density at radius 3 is 2.68 bits per heavy atom. The van der Waals surface area contributed by atoms with Crippen LogP contribution < -0.4 is 9.80 Å². The smallest absolute Gasteiger partial charge is 0.237 e. The highest BCUT2D eigenvalue weighted by Crippen LogP contribution is 2.48. The van der Waals surface area contributed by atoms with E-state index in [4.69, 9.17) is 4.74 Å². The number of anilines is 2. The Kier molecular flexibility index (Phi) is 4.31. The standard InChI is InChI=1S/C22H26N4O2/c1-16-8-9-20(24-23-16)25-12-10-22(11-13-25)18-6-2-3-7-19(18)26(21(22)27)15-17-5-4-14-28-17/h2-3,6-9,17H,4-5,10-15H2,1H3/t17-/m1/s1. The second-order valence-corrected chi connectivity index (χ2v) is 8.17. The summed E-state index contributed by atoms with van der Waals surface area (Å²) in [5.74, 6) is 1.15. The lowest BCUT2D eigenvalue weighted by molar-refractivity contribution is -0.124. The van der Waals surface area contributed by atoms with Crippen LogP contribution in [0.25, 0.3) is 0 Å². The number of piperidine rings is 1. The van der Waals surface area contributed by atoms with Crippen molar-refractivity contribution >= 4 is 17.4 Å². The van der Waals surface area contributed by atoms with Crippen molar-refractivity contribution < 1.29 is 9.53 Å². The maximum atomic E-state index is 13.6. The van der Waals surface area contributed by atoms with Gasteiger partial charge in [-0.25, -0.2) is 0 Å². The molecule has 3 aliphatic rings. The molecule has 4 heterocycles. The number of amides is 1. The van der Waals surface area contributed by atoms with Crippen molar-refractivity contribution in [3.8, 4) is 0 Å². The van der Waals surface area contributed by atoms with E-state index in [0.717, 1.165) is 62.6 Å². The predicted octanol–water partition coefficient (Wildman–Crippen LogP) is 2.85. The van der Waals surface area contributed by atoms with Crippen molar-refractivity contribution in [2.75, 3.05) is 36.0 Å². The number of aryl methyl sites for hydroxylation is 1. The SMILES string of the molecule is Cc1ccc(N2CCC3(CC2)C(=O)N(C[C@H]2CCCO2)c2ccccc23)nn1. The summed E-state index contributed by atoms with van der Waals surface area (Å²) in [5.41, 5.74) is 2.77. The van der Waals surface area contributed by atoms with Crippen LogP contribution in [-0.4, -0.2) is 48.4 Å². The highest BCUT2D eigenvalue weighted by atomic mass is 16.5. The Bertz CT molecular complexity index is 868. The molecular weight excluding hydrogens is 352 g/mol. The van der Waals surface area contributed by atoms with Crippen LogP contribution in [0.2, 0.25) is 0 Å². The minimum absolute atomic E-state index is 0.162. The van der Waals surface area contributed by atoms with Crippen LogP contribution in [0, 0.1) is 6.92 Å². The van der Waals surface area contributed by atoms with Crippen LogP contribution in [0.5, 0.6) is 0 Å². The molecule has 0 saturated carbocycles. The molecule has 1 amide bonds. The summed E-state index contributed by atoms with van der Waals surface area (Å²) in [7, 11) is 0. The fourth-order valence-corrected chi connectivity index (χ4v) is 4.93. The van der Waals surface area contributed by atoms with E-state index in [0.29, 0.717) is 6.54 Å². The monoisotopic (exact) mass is 378 g/mol. The van der Waals surface area contributed by atoms with Crippen LogP contribution in [0.15, 0.2) is 36.4 Å². The number of aromatic nitrogens is 2. The lowest BCUT2D eigenvalue weighted by Gasteiger charge is -2.39. The van der Waals surface area contributed by atoms with Gasteiger partial charge in [-0.1, -0.05) is 18.2 Å². The summed E-state index contributed by atoms with van der Waals surface area (Å²) in [4.78, 5) is 17.9. The summed E-state index contributed by atoms with van der Waals surface area (Å²) < 4.78 is 5.82. The molecule has 2 saturated heterocycles. The third kappa shape index (κ3) is 2.78. The molecule has 0 N–H and O–H groups in total. The number of hydrogen-bond donors (Lipinski definition) is 0. The van der Waals surface area contributed by atoms with Crippen molar-refractivity contribution in [1.82, 2.24) is 10.2 Å². The normalized spacial score (nSPS) is 23.5. The van der Waals surface area contributed by atoms with Gasteiger partial charge < -0.3 is 14.5 Å². The quantitative estimate of drug-likeness (QED) is 0.822. The molecule has 28 heavy (non-hydrogen) atoms. The van der Waals surface area contributed by atoms with Gasteiger partial charge in [0.2, 0.25) is 5.91 Å². The first-order valence-electron chi connectivity index (χ1n) is 10.3. The number of fused-ring (bicyclic) bond motifs is 2. The zero-order valence-corrected chi connectivity index (χ0v) is 16.3. The number of para-hydroxylation sites is 1. The number of benzene rings is 1. The summed E-state index contributed by atoms with van der Waals surface area (Å²) in [6.07, 6.45) is 3.90. The summed E-state index contributed by atoms with van der Waals surface area (Å²) in [6, 6.07) is 12.3. The van der Waals surface area contributed by atoms with E-state index in [1.165, 1.54) is 5.56 Å². The average molecular weight is 378 g/mol. The first kappa shape index (κ1) is 17.6. The maximum Gasteiger partial charge on any atom is 0.237 e. The van der Waals surface area contributed by atoms with E-state index in [1.54, 1.807) is 0 Å². The van der Waals surface area contributed by atoms with E-state index in [-0.39, 0.29) is 12.0 Å². The zero-order chi connectivity index (χ0) is 19.1. The number of carbonyl (C=O) groups is 1. The maximum absolute atomic E-state index is 13.6. The highest BCUT2D eigenvalue weighted by Gasteiger charge is 2.52. The summed E-state index contributed by atoms with van der Waals surface area (Å²) in [5, 5.41) is 8.51. The first-order chi connectivity index (χ1) is 13.7. The van der Waals surface area contributed by atoms with E-state index in [9.17, 15) is 4.79 Å². The van der Waals surface area contributed by atoms with Gasteiger partial charge >= 0.3 is 0 Å². The number of hydrogen-bond acceptors (Lipinski definition) is 5. The molecule has 0 radical (unpaired) electrons. The number of nitrogens with zero attached hydrogens (tertiary/aromatic N) is 4. The van der Waals surface area contributed by atoms with Crippen molar-refractivity contribution in [1.29, 1.82) is 0 Å². The third-order valence-corrected chi connectivity index (χ3v) is 6.50. The molecule has 1 atom stereocenters. The molecule has 6 heteroatoms. The molecule has 1 aromatic carbocycles. The zero-order valence-electron chi connectivity index (χ0n) is 16.3. The summed E-state index contributed by atoms with van der Waals surface area (Å²) in [6.45, 7) is 5.05. The van der Waals surface area contributed by atoms with Crippen LogP contribution in [-0.2, 0) is 14.9 Å².